The number of amides is 1. The van der Waals surface area contributed by atoms with Crippen molar-refractivity contribution in [2.75, 3.05) is 20.1 Å². The van der Waals surface area contributed by atoms with Gasteiger partial charge in [0, 0.05) is 31.1 Å². The van der Waals surface area contributed by atoms with Gasteiger partial charge in [-0.05, 0) is 31.0 Å². The summed E-state index contributed by atoms with van der Waals surface area (Å²) in [6, 6.07) is 3.48. The molecule has 1 fully saturated rings. The highest BCUT2D eigenvalue weighted by atomic mass is 35.5. The van der Waals surface area contributed by atoms with Crippen molar-refractivity contribution in [3.8, 4) is 0 Å². The average Bonchev–Trinajstić information content (AvgIpc) is 2.46. The lowest BCUT2D eigenvalue weighted by molar-refractivity contribution is -0.125. The molecule has 0 unspecified atom stereocenters. The van der Waals surface area contributed by atoms with Crippen molar-refractivity contribution in [2.24, 2.45) is 5.92 Å². The molecule has 0 spiro atoms. The molecule has 1 aliphatic heterocycles. The Hall–Kier alpha value is -1.18. The number of hydrogen-bond acceptors (Lipinski definition) is 3. The monoisotopic (exact) mass is 334 g/mol. The van der Waals surface area contributed by atoms with Crippen molar-refractivity contribution in [1.29, 1.82) is 0 Å². The summed E-state index contributed by atoms with van der Waals surface area (Å²) in [4.78, 5) is 11.1. The van der Waals surface area contributed by atoms with Gasteiger partial charge in [0.1, 0.15) is 10.7 Å². The molecule has 116 valence electrons. The number of halogens is 2. The Morgan fingerprint density at radius 2 is 2.00 bits per heavy atom. The highest BCUT2D eigenvalue weighted by Crippen LogP contribution is 2.26. The first-order chi connectivity index (χ1) is 9.86. The summed E-state index contributed by atoms with van der Waals surface area (Å²) in [6.45, 7) is 0.394. The maximum atomic E-state index is 13.8. The van der Waals surface area contributed by atoms with E-state index in [9.17, 15) is 17.6 Å². The summed E-state index contributed by atoms with van der Waals surface area (Å²) in [5.74, 6) is -1.16. The minimum absolute atomic E-state index is 0.0929. The maximum absolute atomic E-state index is 13.8. The molecule has 1 N–H and O–H groups in total. The lowest BCUT2D eigenvalue weighted by Crippen LogP contribution is -2.42. The van der Waals surface area contributed by atoms with Crippen LogP contribution in [0.5, 0.6) is 0 Å². The Morgan fingerprint density at radius 3 is 2.52 bits per heavy atom. The van der Waals surface area contributed by atoms with Gasteiger partial charge in [0.25, 0.3) is 0 Å². The summed E-state index contributed by atoms with van der Waals surface area (Å²) in [7, 11) is -2.35. The van der Waals surface area contributed by atoms with Gasteiger partial charge in [-0.2, -0.15) is 4.31 Å². The van der Waals surface area contributed by atoms with E-state index < -0.39 is 15.8 Å². The van der Waals surface area contributed by atoms with Crippen molar-refractivity contribution in [3.63, 3.8) is 0 Å². The van der Waals surface area contributed by atoms with Crippen LogP contribution in [-0.4, -0.2) is 38.8 Å². The second-order valence-corrected chi connectivity index (χ2v) is 7.21. The van der Waals surface area contributed by atoms with Gasteiger partial charge in [0.05, 0.1) is 0 Å². The number of piperidine rings is 1. The molecule has 0 bridgehead atoms. The van der Waals surface area contributed by atoms with Gasteiger partial charge in [-0.1, -0.05) is 11.6 Å². The molecule has 0 atom stereocenters. The van der Waals surface area contributed by atoms with E-state index in [0.717, 1.165) is 12.1 Å². The fourth-order valence-corrected chi connectivity index (χ4v) is 4.06. The molecule has 1 aliphatic rings. The second kappa shape index (κ2) is 6.29. The summed E-state index contributed by atoms with van der Waals surface area (Å²) < 4.78 is 39.8. The van der Waals surface area contributed by atoms with Gasteiger partial charge in [-0.15, -0.1) is 0 Å². The van der Waals surface area contributed by atoms with Crippen molar-refractivity contribution in [3.05, 3.63) is 29.0 Å². The fourth-order valence-electron chi connectivity index (χ4n) is 2.39. The van der Waals surface area contributed by atoms with E-state index >= 15 is 0 Å². The van der Waals surface area contributed by atoms with E-state index in [0.29, 0.717) is 12.8 Å². The van der Waals surface area contributed by atoms with E-state index in [1.54, 1.807) is 7.05 Å². The van der Waals surface area contributed by atoms with Crippen LogP contribution in [0.1, 0.15) is 12.8 Å². The molecule has 1 saturated heterocycles. The van der Waals surface area contributed by atoms with Gasteiger partial charge in [0.15, 0.2) is 0 Å². The molecule has 0 aliphatic carbocycles. The van der Waals surface area contributed by atoms with E-state index in [1.807, 2.05) is 0 Å². The molecule has 5 nitrogen and oxygen atoms in total. The van der Waals surface area contributed by atoms with Gasteiger partial charge >= 0.3 is 0 Å². The number of hydrogen-bond donors (Lipinski definition) is 1. The van der Waals surface area contributed by atoms with Crippen LogP contribution in [0, 0.1) is 11.7 Å². The zero-order valence-corrected chi connectivity index (χ0v) is 13.0. The van der Waals surface area contributed by atoms with E-state index in [4.69, 9.17) is 11.6 Å². The Morgan fingerprint density at radius 1 is 1.38 bits per heavy atom. The standard InChI is InChI=1S/C13H16ClFN2O3S/c1-16-13(18)9-4-6-17(7-5-9)21(19,20)12-3-2-10(14)8-11(12)15/h2-3,8-9H,4-7H2,1H3,(H,16,18). The second-order valence-electron chi connectivity index (χ2n) is 4.87. The van der Waals surface area contributed by atoms with Crippen LogP contribution < -0.4 is 5.32 Å². The Kier molecular flexibility index (Phi) is 4.85. The topological polar surface area (TPSA) is 66.5 Å². The zero-order valence-electron chi connectivity index (χ0n) is 11.5. The molecule has 8 heteroatoms. The van der Waals surface area contributed by atoms with E-state index in [-0.39, 0.29) is 34.8 Å². The average molecular weight is 335 g/mol. The van der Waals surface area contributed by atoms with Gasteiger partial charge in [-0.3, -0.25) is 4.79 Å². The molecule has 21 heavy (non-hydrogen) atoms. The smallest absolute Gasteiger partial charge is 0.245 e. The van der Waals surface area contributed by atoms with Crippen molar-refractivity contribution < 1.29 is 17.6 Å². The van der Waals surface area contributed by atoms with Crippen LogP contribution in [0.15, 0.2) is 23.1 Å². The highest BCUT2D eigenvalue weighted by molar-refractivity contribution is 7.89. The first-order valence-electron chi connectivity index (χ1n) is 6.53. The molecule has 1 amide bonds. The molecule has 0 aromatic heterocycles. The number of nitrogens with one attached hydrogen (secondary N) is 1. The van der Waals surface area contributed by atoms with Crippen LogP contribution in [0.3, 0.4) is 0 Å². The predicted octanol–water partition coefficient (Wildman–Crippen LogP) is 1.63. The molecule has 1 aromatic rings. The van der Waals surface area contributed by atoms with Crippen LogP contribution in [0.4, 0.5) is 4.39 Å². The third kappa shape index (κ3) is 3.36. The van der Waals surface area contributed by atoms with Crippen LogP contribution in [-0.2, 0) is 14.8 Å². The lowest BCUT2D eigenvalue weighted by atomic mass is 9.97. The minimum atomic E-state index is -3.90. The summed E-state index contributed by atoms with van der Waals surface area (Å²) in [5.41, 5.74) is 0. The number of carbonyl (C=O) groups is 1. The lowest BCUT2D eigenvalue weighted by Gasteiger charge is -2.30. The van der Waals surface area contributed by atoms with Crippen molar-refractivity contribution >= 4 is 27.5 Å². The van der Waals surface area contributed by atoms with E-state index in [1.165, 1.54) is 10.4 Å². The SMILES string of the molecule is CNC(=O)C1CCN(S(=O)(=O)c2ccc(Cl)cc2F)CC1. The number of carbonyl (C=O) groups excluding carboxylic acids is 1. The zero-order chi connectivity index (χ0) is 15.6. The summed E-state index contributed by atoms with van der Waals surface area (Å²) in [6.07, 6.45) is 0.849. The Labute approximate surface area is 128 Å². The third-order valence-electron chi connectivity index (χ3n) is 3.58. The van der Waals surface area contributed by atoms with Gasteiger partial charge in [-0.25, -0.2) is 12.8 Å². The van der Waals surface area contributed by atoms with Crippen LogP contribution in [0.25, 0.3) is 0 Å². The number of sulfonamides is 1. The normalized spacial score (nSPS) is 17.7. The predicted molar refractivity (Wildman–Crippen MR) is 77.0 cm³/mol. The highest BCUT2D eigenvalue weighted by Gasteiger charge is 2.33. The number of benzene rings is 1. The molecule has 0 saturated carbocycles. The quantitative estimate of drug-likeness (QED) is 0.913. The van der Waals surface area contributed by atoms with Crippen LogP contribution >= 0.6 is 11.6 Å². The summed E-state index contributed by atoms with van der Waals surface area (Å²) >= 11 is 5.63. The Balaban J connectivity index is 2.17. The first-order valence-corrected chi connectivity index (χ1v) is 8.35. The molecular weight excluding hydrogens is 319 g/mol. The van der Waals surface area contributed by atoms with Gasteiger partial charge < -0.3 is 5.32 Å². The largest absolute Gasteiger partial charge is 0.359 e. The molecule has 2 rings (SSSR count). The first kappa shape index (κ1) is 16.2. The van der Waals surface area contributed by atoms with Gasteiger partial charge in [0.2, 0.25) is 15.9 Å². The Bertz CT molecular complexity index is 643. The number of nitrogens with zero attached hydrogens (tertiary/aromatic N) is 1. The van der Waals surface area contributed by atoms with Crippen molar-refractivity contribution in [2.45, 2.75) is 17.7 Å². The van der Waals surface area contributed by atoms with Crippen LogP contribution in [0.2, 0.25) is 5.02 Å². The summed E-state index contributed by atoms with van der Waals surface area (Å²) in [5, 5.41) is 2.70. The minimum Gasteiger partial charge on any atom is -0.359 e. The molecule has 0 radical (unpaired) electrons. The fraction of sp³-hybridized carbons (Fsp3) is 0.462. The maximum Gasteiger partial charge on any atom is 0.245 e. The third-order valence-corrected chi connectivity index (χ3v) is 5.75. The van der Waals surface area contributed by atoms with Crippen molar-refractivity contribution in [1.82, 2.24) is 9.62 Å². The van der Waals surface area contributed by atoms with E-state index in [2.05, 4.69) is 5.32 Å². The molecule has 1 aromatic carbocycles. The number of rotatable bonds is 3. The molecule has 1 heterocycles. The molecular formula is C13H16ClFN2O3S.